The number of rotatable bonds is 6. The third kappa shape index (κ3) is 5.16. The van der Waals surface area contributed by atoms with Gasteiger partial charge in [-0.2, -0.15) is 0 Å². The molecular weight excluding hydrogens is 697 g/mol. The number of anilines is 6. The maximum Gasteiger partial charge on any atom is 0.0468 e. The molecule has 0 unspecified atom stereocenters. The quantitative estimate of drug-likeness (QED) is 0.168. The largest absolute Gasteiger partial charge is 0.310 e. The van der Waals surface area contributed by atoms with E-state index >= 15 is 0 Å². The zero-order valence-electron chi connectivity index (χ0n) is 31.3. The zero-order valence-corrected chi connectivity index (χ0v) is 32.1. The van der Waals surface area contributed by atoms with E-state index in [-0.39, 0.29) is 5.41 Å². The maximum atomic E-state index is 2.46. The van der Waals surface area contributed by atoms with Gasteiger partial charge in [0.25, 0.3) is 0 Å². The Morgan fingerprint density at radius 2 is 0.857 bits per heavy atom. The van der Waals surface area contributed by atoms with Crippen LogP contribution in [-0.2, 0) is 5.41 Å². The highest BCUT2D eigenvalue weighted by Gasteiger charge is 2.37. The van der Waals surface area contributed by atoms with Gasteiger partial charge in [-0.25, -0.2) is 0 Å². The first kappa shape index (κ1) is 32.7. The van der Waals surface area contributed by atoms with Crippen LogP contribution in [0, 0.1) is 0 Å². The normalized spacial score (nSPS) is 13.0. The van der Waals surface area contributed by atoms with Crippen LogP contribution in [0.25, 0.3) is 52.8 Å². The fraction of sp³-hybridized carbons (Fsp3) is 0.0566. The molecule has 9 aromatic carbocycles. The van der Waals surface area contributed by atoms with Crippen molar-refractivity contribution in [2.24, 2.45) is 0 Å². The van der Waals surface area contributed by atoms with Crippen molar-refractivity contribution >= 4 is 87.2 Å². The average molecular weight is 735 g/mol. The van der Waals surface area contributed by atoms with Crippen molar-refractivity contribution in [2.75, 3.05) is 9.80 Å². The first-order valence-electron chi connectivity index (χ1n) is 19.3. The Morgan fingerprint density at radius 3 is 1.38 bits per heavy atom. The molecule has 1 aliphatic rings. The topological polar surface area (TPSA) is 6.48 Å². The summed E-state index contributed by atoms with van der Waals surface area (Å²) in [5.74, 6) is 0. The molecule has 0 atom stereocenters. The third-order valence-corrected chi connectivity index (χ3v) is 12.8. The van der Waals surface area contributed by atoms with Crippen LogP contribution < -0.4 is 9.80 Å². The molecule has 0 bridgehead atoms. The molecule has 0 N–H and O–H groups in total. The van der Waals surface area contributed by atoms with Crippen LogP contribution in [0.1, 0.15) is 25.0 Å². The molecule has 0 radical (unpaired) electrons. The SMILES string of the molecule is CC1(C)c2cc3cc(N(c4ccccc4)c4ccccc4)ccc3cc2-c2c1ccc1sc3cc4cc(N(c5ccccc5)c5ccccc5)ccc4cc3c21. The van der Waals surface area contributed by atoms with Crippen LogP contribution in [0.2, 0.25) is 0 Å². The number of fused-ring (bicyclic) bond motifs is 9. The molecule has 0 amide bonds. The van der Waals surface area contributed by atoms with E-state index in [1.807, 2.05) is 11.3 Å². The van der Waals surface area contributed by atoms with Gasteiger partial charge in [0.1, 0.15) is 0 Å². The number of thiophene rings is 1. The van der Waals surface area contributed by atoms with Crippen molar-refractivity contribution in [3.05, 3.63) is 205 Å². The number of hydrogen-bond acceptors (Lipinski definition) is 3. The first-order valence-corrected chi connectivity index (χ1v) is 20.2. The van der Waals surface area contributed by atoms with Crippen LogP contribution in [0.5, 0.6) is 0 Å². The number of benzene rings is 9. The van der Waals surface area contributed by atoms with Crippen molar-refractivity contribution in [2.45, 2.75) is 19.3 Å². The minimum Gasteiger partial charge on any atom is -0.310 e. The second-order valence-electron chi connectivity index (χ2n) is 15.4. The predicted octanol–water partition coefficient (Wildman–Crippen LogP) is 15.6. The minimum atomic E-state index is -0.139. The van der Waals surface area contributed by atoms with Gasteiger partial charge in [-0.1, -0.05) is 105 Å². The molecule has 56 heavy (non-hydrogen) atoms. The molecule has 0 saturated carbocycles. The number of para-hydroxylation sites is 4. The van der Waals surface area contributed by atoms with Crippen molar-refractivity contribution < 1.29 is 0 Å². The van der Waals surface area contributed by atoms with Crippen LogP contribution in [-0.4, -0.2) is 0 Å². The van der Waals surface area contributed by atoms with E-state index in [4.69, 9.17) is 0 Å². The molecule has 0 spiro atoms. The van der Waals surface area contributed by atoms with Crippen LogP contribution in [0.15, 0.2) is 194 Å². The van der Waals surface area contributed by atoms with E-state index in [9.17, 15) is 0 Å². The molecular formula is C53H38N2S. The van der Waals surface area contributed by atoms with Crippen LogP contribution >= 0.6 is 11.3 Å². The number of hydrogen-bond donors (Lipinski definition) is 0. The highest BCUT2D eigenvalue weighted by atomic mass is 32.1. The smallest absolute Gasteiger partial charge is 0.0468 e. The fourth-order valence-corrected chi connectivity index (χ4v) is 10.2. The van der Waals surface area contributed by atoms with Crippen molar-refractivity contribution in [1.29, 1.82) is 0 Å². The predicted molar refractivity (Wildman–Crippen MR) is 241 cm³/mol. The van der Waals surface area contributed by atoms with E-state index < -0.39 is 0 Å². The lowest BCUT2D eigenvalue weighted by atomic mass is 9.81. The molecule has 0 aliphatic heterocycles. The van der Waals surface area contributed by atoms with Gasteiger partial charge in [0.15, 0.2) is 0 Å². The Kier molecular flexibility index (Phi) is 7.42. The molecule has 10 aromatic rings. The minimum absolute atomic E-state index is 0.139. The molecule has 266 valence electrons. The van der Waals surface area contributed by atoms with Gasteiger partial charge in [-0.05, 0) is 147 Å². The first-order chi connectivity index (χ1) is 27.5. The second kappa shape index (κ2) is 12.7. The lowest BCUT2D eigenvalue weighted by Gasteiger charge is -2.26. The lowest BCUT2D eigenvalue weighted by molar-refractivity contribution is 0.662. The van der Waals surface area contributed by atoms with E-state index in [2.05, 4.69) is 218 Å². The summed E-state index contributed by atoms with van der Waals surface area (Å²) in [6, 6.07) is 71.0. The Morgan fingerprint density at radius 1 is 0.375 bits per heavy atom. The van der Waals surface area contributed by atoms with Crippen molar-refractivity contribution in [1.82, 2.24) is 0 Å². The maximum absolute atomic E-state index is 2.46. The van der Waals surface area contributed by atoms with E-state index in [0.29, 0.717) is 0 Å². The average Bonchev–Trinajstić information content (AvgIpc) is 3.71. The number of nitrogens with zero attached hydrogens (tertiary/aromatic N) is 2. The summed E-state index contributed by atoms with van der Waals surface area (Å²) in [7, 11) is 0. The van der Waals surface area contributed by atoms with Gasteiger partial charge in [0.2, 0.25) is 0 Å². The molecule has 1 aliphatic carbocycles. The summed E-state index contributed by atoms with van der Waals surface area (Å²) in [4.78, 5) is 4.69. The molecule has 0 fully saturated rings. The van der Waals surface area contributed by atoms with Gasteiger partial charge < -0.3 is 9.80 Å². The zero-order chi connectivity index (χ0) is 37.4. The Labute approximate surface area is 331 Å². The standard InChI is InChI=1S/C53H38N2S/c1-53(2)47-27-28-49-52(46-32-36-24-26-44(30-38(36)34-50(46)56-49)55(41-19-11-5-12-20-41)42-21-13-6-14-22-42)51(47)45-31-35-23-25-43(29-37(35)33-48(45)53)54(39-15-7-3-8-16-39)40-17-9-4-10-18-40/h3-34H,1-2H3. The molecule has 0 saturated heterocycles. The Hall–Kier alpha value is -6.68. The van der Waals surface area contributed by atoms with E-state index in [0.717, 1.165) is 34.1 Å². The van der Waals surface area contributed by atoms with Gasteiger partial charge in [0.05, 0.1) is 0 Å². The Balaban J connectivity index is 1.05. The third-order valence-electron chi connectivity index (χ3n) is 11.7. The van der Waals surface area contributed by atoms with Crippen molar-refractivity contribution in [3.63, 3.8) is 0 Å². The summed E-state index contributed by atoms with van der Waals surface area (Å²) >= 11 is 1.91. The summed E-state index contributed by atoms with van der Waals surface area (Å²) in [5.41, 5.74) is 12.3. The molecule has 2 nitrogen and oxygen atoms in total. The molecule has 11 rings (SSSR count). The summed E-state index contributed by atoms with van der Waals surface area (Å²) in [5, 5.41) is 7.74. The van der Waals surface area contributed by atoms with E-state index in [1.54, 1.807) is 0 Å². The van der Waals surface area contributed by atoms with Gasteiger partial charge in [-0.15, -0.1) is 11.3 Å². The van der Waals surface area contributed by atoms with E-state index in [1.165, 1.54) is 64.0 Å². The van der Waals surface area contributed by atoms with Gasteiger partial charge >= 0.3 is 0 Å². The monoisotopic (exact) mass is 734 g/mol. The van der Waals surface area contributed by atoms with Gasteiger partial charge in [0, 0.05) is 59.7 Å². The van der Waals surface area contributed by atoms with Crippen molar-refractivity contribution in [3.8, 4) is 11.1 Å². The van der Waals surface area contributed by atoms with Crippen LogP contribution in [0.4, 0.5) is 34.1 Å². The molecule has 3 heteroatoms. The Bertz CT molecular complexity index is 3020. The highest BCUT2D eigenvalue weighted by molar-refractivity contribution is 7.26. The summed E-state index contributed by atoms with van der Waals surface area (Å²) in [6.45, 7) is 4.80. The summed E-state index contributed by atoms with van der Waals surface area (Å²) in [6.07, 6.45) is 0. The second-order valence-corrected chi connectivity index (χ2v) is 16.5. The molecule has 1 aromatic heterocycles. The molecule has 1 heterocycles. The summed E-state index contributed by atoms with van der Waals surface area (Å²) < 4.78 is 2.66. The van der Waals surface area contributed by atoms with Gasteiger partial charge in [-0.3, -0.25) is 0 Å². The highest BCUT2D eigenvalue weighted by Crippen LogP contribution is 2.55. The fourth-order valence-electron chi connectivity index (χ4n) is 9.03. The van der Waals surface area contributed by atoms with Crippen LogP contribution in [0.3, 0.4) is 0 Å². The lowest BCUT2D eigenvalue weighted by Crippen LogP contribution is -2.15.